The van der Waals surface area contributed by atoms with E-state index >= 15 is 0 Å². The van der Waals surface area contributed by atoms with Crippen LogP contribution in [0, 0.1) is 6.92 Å². The maximum atomic E-state index is 12.0. The topological polar surface area (TPSA) is 54.0 Å². The Labute approximate surface area is 144 Å². The molecule has 0 atom stereocenters. The second-order valence-corrected chi connectivity index (χ2v) is 6.36. The molecule has 0 fully saturated rings. The van der Waals surface area contributed by atoms with Crippen molar-refractivity contribution in [2.75, 3.05) is 11.9 Å². The summed E-state index contributed by atoms with van der Waals surface area (Å²) in [6.07, 6.45) is 3.76. The first-order chi connectivity index (χ1) is 11.5. The second-order valence-electron chi connectivity index (χ2n) is 6.36. The number of hydrogen-bond acceptors (Lipinski definition) is 3. The molecule has 1 amide bonds. The molecule has 2 rings (SSSR count). The van der Waals surface area contributed by atoms with E-state index in [2.05, 4.69) is 61.5 Å². The fourth-order valence-corrected chi connectivity index (χ4v) is 2.56. The van der Waals surface area contributed by atoms with Crippen molar-refractivity contribution in [3.05, 3.63) is 53.3 Å². The summed E-state index contributed by atoms with van der Waals surface area (Å²) in [5.74, 6) is 0.317. The zero-order chi connectivity index (χ0) is 17.5. The van der Waals surface area contributed by atoms with Gasteiger partial charge in [0, 0.05) is 12.2 Å². The molecule has 0 bridgehead atoms. The lowest BCUT2D eigenvalue weighted by Crippen LogP contribution is -2.25. The smallest absolute Gasteiger partial charge is 0.269 e. The standard InChI is InChI=1S/C20H27N3O/c1-5-6-12-21-20(24)18-11-10-16(13-22-18)23-19-15(4)8-7-9-17(19)14(2)3/h7-11,13-14,23H,5-6,12H2,1-4H3,(H,21,24). The van der Waals surface area contributed by atoms with Gasteiger partial charge in [0.1, 0.15) is 5.69 Å². The van der Waals surface area contributed by atoms with E-state index in [1.807, 2.05) is 6.07 Å². The lowest BCUT2D eigenvalue weighted by Gasteiger charge is -2.17. The van der Waals surface area contributed by atoms with Gasteiger partial charge in [-0.25, -0.2) is 4.98 Å². The number of carbonyl (C=O) groups excluding carboxylic acids is 1. The molecule has 0 aliphatic heterocycles. The van der Waals surface area contributed by atoms with Crippen LogP contribution in [-0.2, 0) is 0 Å². The average molecular weight is 325 g/mol. The van der Waals surface area contributed by atoms with Crippen molar-refractivity contribution >= 4 is 17.3 Å². The van der Waals surface area contributed by atoms with Crippen LogP contribution in [0.5, 0.6) is 0 Å². The van der Waals surface area contributed by atoms with Gasteiger partial charge >= 0.3 is 0 Å². The number of unbranched alkanes of at least 4 members (excludes halogenated alkanes) is 1. The fourth-order valence-electron chi connectivity index (χ4n) is 2.56. The molecule has 0 spiro atoms. The highest BCUT2D eigenvalue weighted by Crippen LogP contribution is 2.29. The molecule has 0 unspecified atom stereocenters. The maximum Gasteiger partial charge on any atom is 0.269 e. The highest BCUT2D eigenvalue weighted by molar-refractivity contribution is 5.92. The van der Waals surface area contributed by atoms with Gasteiger partial charge in [-0.2, -0.15) is 0 Å². The van der Waals surface area contributed by atoms with Crippen LogP contribution in [0.4, 0.5) is 11.4 Å². The number of nitrogens with one attached hydrogen (secondary N) is 2. The van der Waals surface area contributed by atoms with E-state index in [1.165, 1.54) is 11.1 Å². The van der Waals surface area contributed by atoms with Gasteiger partial charge < -0.3 is 10.6 Å². The van der Waals surface area contributed by atoms with Crippen molar-refractivity contribution < 1.29 is 4.79 Å². The Balaban J connectivity index is 2.11. The highest BCUT2D eigenvalue weighted by Gasteiger charge is 2.10. The predicted molar refractivity (Wildman–Crippen MR) is 100 cm³/mol. The number of benzene rings is 1. The van der Waals surface area contributed by atoms with E-state index < -0.39 is 0 Å². The summed E-state index contributed by atoms with van der Waals surface area (Å²) >= 11 is 0. The van der Waals surface area contributed by atoms with E-state index in [0.717, 1.165) is 24.2 Å². The largest absolute Gasteiger partial charge is 0.354 e. The number of amides is 1. The van der Waals surface area contributed by atoms with Crippen molar-refractivity contribution in [1.29, 1.82) is 0 Å². The van der Waals surface area contributed by atoms with Crippen LogP contribution >= 0.6 is 0 Å². The van der Waals surface area contributed by atoms with Gasteiger partial charge in [0.2, 0.25) is 0 Å². The van der Waals surface area contributed by atoms with Crippen molar-refractivity contribution in [2.45, 2.75) is 46.5 Å². The molecule has 1 aromatic heterocycles. The minimum atomic E-state index is -0.117. The Morgan fingerprint density at radius 2 is 2.00 bits per heavy atom. The molecule has 0 saturated carbocycles. The molecule has 1 aromatic carbocycles. The maximum absolute atomic E-state index is 12.0. The van der Waals surface area contributed by atoms with Gasteiger partial charge in [0.25, 0.3) is 5.91 Å². The highest BCUT2D eigenvalue weighted by atomic mass is 16.1. The zero-order valence-electron chi connectivity index (χ0n) is 15.0. The summed E-state index contributed by atoms with van der Waals surface area (Å²) in [4.78, 5) is 16.3. The molecular weight excluding hydrogens is 298 g/mol. The normalized spacial score (nSPS) is 10.7. The number of nitrogens with zero attached hydrogens (tertiary/aromatic N) is 1. The first kappa shape index (κ1) is 18.0. The molecule has 4 heteroatoms. The van der Waals surface area contributed by atoms with E-state index in [1.54, 1.807) is 12.3 Å². The zero-order valence-corrected chi connectivity index (χ0v) is 15.0. The van der Waals surface area contributed by atoms with E-state index in [-0.39, 0.29) is 5.91 Å². The van der Waals surface area contributed by atoms with E-state index in [0.29, 0.717) is 18.2 Å². The number of carbonyl (C=O) groups is 1. The Morgan fingerprint density at radius 3 is 2.62 bits per heavy atom. The van der Waals surface area contributed by atoms with Gasteiger partial charge in [-0.1, -0.05) is 45.4 Å². The van der Waals surface area contributed by atoms with Crippen LogP contribution in [0.2, 0.25) is 0 Å². The number of anilines is 2. The summed E-state index contributed by atoms with van der Waals surface area (Å²) in [7, 11) is 0. The van der Waals surface area contributed by atoms with Crippen molar-refractivity contribution in [3.63, 3.8) is 0 Å². The molecule has 24 heavy (non-hydrogen) atoms. The molecule has 0 aliphatic carbocycles. The molecule has 0 saturated heterocycles. The molecule has 4 nitrogen and oxygen atoms in total. The van der Waals surface area contributed by atoms with Crippen molar-refractivity contribution in [1.82, 2.24) is 10.3 Å². The Bertz CT molecular complexity index is 678. The SMILES string of the molecule is CCCCNC(=O)c1ccc(Nc2c(C)cccc2C(C)C)cn1. The van der Waals surface area contributed by atoms with Gasteiger partial charge in [-0.15, -0.1) is 0 Å². The minimum absolute atomic E-state index is 0.117. The molecule has 1 heterocycles. The van der Waals surface area contributed by atoms with Gasteiger partial charge in [0.05, 0.1) is 11.9 Å². The third kappa shape index (κ3) is 4.57. The average Bonchev–Trinajstić information content (AvgIpc) is 2.57. The molecule has 2 N–H and O–H groups in total. The Morgan fingerprint density at radius 1 is 1.21 bits per heavy atom. The predicted octanol–water partition coefficient (Wildman–Crippen LogP) is 4.79. The molecular formula is C20H27N3O. The lowest BCUT2D eigenvalue weighted by atomic mass is 9.98. The van der Waals surface area contributed by atoms with Crippen LogP contribution in [0.25, 0.3) is 0 Å². The van der Waals surface area contributed by atoms with Crippen LogP contribution in [-0.4, -0.2) is 17.4 Å². The summed E-state index contributed by atoms with van der Waals surface area (Å²) in [5, 5.41) is 6.33. The molecule has 2 aromatic rings. The lowest BCUT2D eigenvalue weighted by molar-refractivity contribution is 0.0948. The van der Waals surface area contributed by atoms with Crippen LogP contribution in [0.1, 0.15) is 61.1 Å². The second kappa shape index (κ2) is 8.48. The number of para-hydroxylation sites is 1. The summed E-state index contributed by atoms with van der Waals surface area (Å²) < 4.78 is 0. The first-order valence-corrected chi connectivity index (χ1v) is 8.63. The third-order valence-electron chi connectivity index (χ3n) is 4.01. The summed E-state index contributed by atoms with van der Waals surface area (Å²) in [6, 6.07) is 9.98. The van der Waals surface area contributed by atoms with Crippen molar-refractivity contribution in [3.8, 4) is 0 Å². The summed E-state index contributed by atoms with van der Waals surface area (Å²) in [6.45, 7) is 9.25. The third-order valence-corrected chi connectivity index (χ3v) is 4.01. The van der Waals surface area contributed by atoms with Gasteiger partial charge in [-0.3, -0.25) is 4.79 Å². The summed E-state index contributed by atoms with van der Waals surface area (Å²) in [5.41, 5.74) is 4.93. The van der Waals surface area contributed by atoms with Gasteiger partial charge in [0.15, 0.2) is 0 Å². The molecule has 128 valence electrons. The van der Waals surface area contributed by atoms with E-state index in [4.69, 9.17) is 0 Å². The number of hydrogen-bond donors (Lipinski definition) is 2. The molecule has 0 aliphatic rings. The van der Waals surface area contributed by atoms with Gasteiger partial charge in [-0.05, 0) is 42.5 Å². The fraction of sp³-hybridized carbons (Fsp3) is 0.400. The monoisotopic (exact) mass is 325 g/mol. The van der Waals surface area contributed by atoms with Crippen LogP contribution in [0.15, 0.2) is 36.5 Å². The number of rotatable bonds is 7. The van der Waals surface area contributed by atoms with E-state index in [9.17, 15) is 4.79 Å². The number of aryl methyl sites for hydroxylation is 1. The van der Waals surface area contributed by atoms with Crippen molar-refractivity contribution in [2.24, 2.45) is 0 Å². The first-order valence-electron chi connectivity index (χ1n) is 8.63. The van der Waals surface area contributed by atoms with Crippen LogP contribution in [0.3, 0.4) is 0 Å². The van der Waals surface area contributed by atoms with Crippen LogP contribution < -0.4 is 10.6 Å². The Hall–Kier alpha value is -2.36. The molecule has 0 radical (unpaired) electrons. The number of pyridine rings is 1. The minimum Gasteiger partial charge on any atom is -0.354 e. The Kier molecular flexibility index (Phi) is 6.36. The quantitative estimate of drug-likeness (QED) is 0.720. The number of aromatic nitrogens is 1.